The quantitative estimate of drug-likeness (QED) is 0.809. The SMILES string of the molecule is Cc1cc(SC(C)C(C)C)c([C@H](C)O)cc1F. The summed E-state index contributed by atoms with van der Waals surface area (Å²) in [7, 11) is 0. The average Bonchev–Trinajstić information content (AvgIpc) is 2.22. The molecule has 1 unspecified atom stereocenters. The van der Waals surface area contributed by atoms with Crippen molar-refractivity contribution in [1.82, 2.24) is 0 Å². The molecule has 17 heavy (non-hydrogen) atoms. The number of aliphatic hydroxyl groups is 1. The molecule has 0 aliphatic carbocycles. The summed E-state index contributed by atoms with van der Waals surface area (Å²) in [6, 6.07) is 3.29. The van der Waals surface area contributed by atoms with E-state index in [2.05, 4.69) is 20.8 Å². The van der Waals surface area contributed by atoms with Crippen molar-refractivity contribution in [3.8, 4) is 0 Å². The van der Waals surface area contributed by atoms with Crippen LogP contribution < -0.4 is 0 Å². The molecule has 0 radical (unpaired) electrons. The molecule has 0 fully saturated rings. The van der Waals surface area contributed by atoms with E-state index in [9.17, 15) is 9.50 Å². The van der Waals surface area contributed by atoms with E-state index in [-0.39, 0.29) is 5.82 Å². The lowest BCUT2D eigenvalue weighted by atomic mass is 10.1. The fourth-order valence-corrected chi connectivity index (χ4v) is 2.72. The van der Waals surface area contributed by atoms with Crippen LogP contribution in [-0.4, -0.2) is 10.4 Å². The molecule has 3 heteroatoms. The van der Waals surface area contributed by atoms with Gasteiger partial charge in [0.25, 0.3) is 0 Å². The van der Waals surface area contributed by atoms with E-state index in [1.807, 2.05) is 6.07 Å². The summed E-state index contributed by atoms with van der Waals surface area (Å²) in [5, 5.41) is 10.1. The van der Waals surface area contributed by atoms with Crippen molar-refractivity contribution in [3.05, 3.63) is 29.1 Å². The van der Waals surface area contributed by atoms with Crippen molar-refractivity contribution < 1.29 is 9.50 Å². The summed E-state index contributed by atoms with van der Waals surface area (Å²) in [6.45, 7) is 9.91. The Morgan fingerprint density at radius 1 is 1.18 bits per heavy atom. The normalized spacial score (nSPS) is 15.1. The van der Waals surface area contributed by atoms with E-state index in [0.29, 0.717) is 22.3 Å². The highest BCUT2D eigenvalue weighted by Crippen LogP contribution is 2.34. The molecule has 96 valence electrons. The first-order valence-corrected chi connectivity index (χ1v) is 6.85. The van der Waals surface area contributed by atoms with Crippen LogP contribution in [0, 0.1) is 18.7 Å². The average molecular weight is 256 g/mol. The van der Waals surface area contributed by atoms with Crippen LogP contribution in [-0.2, 0) is 0 Å². The van der Waals surface area contributed by atoms with Crippen LogP contribution in [0.3, 0.4) is 0 Å². The Balaban J connectivity index is 3.08. The predicted molar refractivity (Wildman–Crippen MR) is 71.9 cm³/mol. The van der Waals surface area contributed by atoms with Gasteiger partial charge in [-0.25, -0.2) is 4.39 Å². The second-order valence-electron chi connectivity index (χ2n) is 4.88. The number of benzene rings is 1. The molecule has 1 aromatic carbocycles. The molecule has 0 saturated heterocycles. The number of aryl methyl sites for hydroxylation is 1. The summed E-state index contributed by atoms with van der Waals surface area (Å²) in [4.78, 5) is 0.986. The number of hydrogen-bond acceptors (Lipinski definition) is 2. The fraction of sp³-hybridized carbons (Fsp3) is 0.571. The van der Waals surface area contributed by atoms with E-state index in [1.54, 1.807) is 25.6 Å². The molecule has 0 bridgehead atoms. The maximum atomic E-state index is 13.5. The molecule has 0 amide bonds. The predicted octanol–water partition coefficient (Wildman–Crippen LogP) is 4.32. The van der Waals surface area contributed by atoms with Crippen molar-refractivity contribution in [2.75, 3.05) is 0 Å². The molecule has 1 nitrogen and oxygen atoms in total. The highest BCUT2D eigenvalue weighted by molar-refractivity contribution is 8.00. The zero-order chi connectivity index (χ0) is 13.2. The van der Waals surface area contributed by atoms with Gasteiger partial charge in [0.1, 0.15) is 5.82 Å². The van der Waals surface area contributed by atoms with Crippen LogP contribution in [0.5, 0.6) is 0 Å². The van der Waals surface area contributed by atoms with Gasteiger partial charge in [-0.3, -0.25) is 0 Å². The zero-order valence-corrected chi connectivity index (χ0v) is 11.9. The van der Waals surface area contributed by atoms with E-state index in [4.69, 9.17) is 0 Å². The highest BCUT2D eigenvalue weighted by atomic mass is 32.2. The molecule has 0 spiro atoms. The lowest BCUT2D eigenvalue weighted by molar-refractivity contribution is 0.196. The smallest absolute Gasteiger partial charge is 0.126 e. The summed E-state index contributed by atoms with van der Waals surface area (Å²) >= 11 is 1.70. The van der Waals surface area contributed by atoms with Crippen molar-refractivity contribution in [1.29, 1.82) is 0 Å². The van der Waals surface area contributed by atoms with Crippen molar-refractivity contribution in [3.63, 3.8) is 0 Å². The molecule has 0 saturated carbocycles. The number of thioether (sulfide) groups is 1. The third-order valence-corrected chi connectivity index (χ3v) is 4.52. The van der Waals surface area contributed by atoms with Gasteiger partial charge in [-0.2, -0.15) is 0 Å². The first-order valence-electron chi connectivity index (χ1n) is 5.97. The Morgan fingerprint density at radius 2 is 1.76 bits per heavy atom. The minimum Gasteiger partial charge on any atom is -0.389 e. The van der Waals surface area contributed by atoms with Crippen LogP contribution in [0.15, 0.2) is 17.0 Å². The molecular formula is C14H21FOS. The lowest BCUT2D eigenvalue weighted by Gasteiger charge is -2.19. The standard InChI is InChI=1S/C14H21FOS/c1-8(2)11(5)17-14-6-9(3)13(15)7-12(14)10(4)16/h6-8,10-11,16H,1-5H3/t10-,11?/m0/s1. The van der Waals surface area contributed by atoms with Crippen molar-refractivity contribution in [2.45, 2.75) is 50.9 Å². The third-order valence-electron chi connectivity index (χ3n) is 2.99. The minimum atomic E-state index is -0.632. The third kappa shape index (κ3) is 3.71. The van der Waals surface area contributed by atoms with E-state index in [1.165, 1.54) is 6.07 Å². The summed E-state index contributed by atoms with van der Waals surface area (Å²) < 4.78 is 13.5. The van der Waals surface area contributed by atoms with Gasteiger partial charge >= 0.3 is 0 Å². The summed E-state index contributed by atoms with van der Waals surface area (Å²) in [6.07, 6.45) is -0.632. The van der Waals surface area contributed by atoms with Gasteiger partial charge < -0.3 is 5.11 Å². The van der Waals surface area contributed by atoms with Crippen molar-refractivity contribution in [2.24, 2.45) is 5.92 Å². The monoisotopic (exact) mass is 256 g/mol. The first-order chi connectivity index (χ1) is 7.82. The topological polar surface area (TPSA) is 20.2 Å². The van der Waals surface area contributed by atoms with Crippen LogP contribution in [0.4, 0.5) is 4.39 Å². The first kappa shape index (κ1) is 14.5. The largest absolute Gasteiger partial charge is 0.389 e. The Hall–Kier alpha value is -0.540. The van der Waals surface area contributed by atoms with E-state index >= 15 is 0 Å². The highest BCUT2D eigenvalue weighted by Gasteiger charge is 2.16. The Labute approximate surface area is 107 Å². The zero-order valence-electron chi connectivity index (χ0n) is 11.1. The summed E-state index contributed by atoms with van der Waals surface area (Å²) in [5.74, 6) is 0.301. The number of rotatable bonds is 4. The second-order valence-corrected chi connectivity index (χ2v) is 6.30. The van der Waals surface area contributed by atoms with E-state index in [0.717, 1.165) is 4.90 Å². The number of aliphatic hydroxyl groups excluding tert-OH is 1. The Morgan fingerprint density at radius 3 is 2.24 bits per heavy atom. The molecule has 1 aromatic rings. The summed E-state index contributed by atoms with van der Waals surface area (Å²) in [5.41, 5.74) is 1.32. The van der Waals surface area contributed by atoms with Crippen molar-refractivity contribution >= 4 is 11.8 Å². The fourth-order valence-electron chi connectivity index (χ4n) is 1.44. The van der Waals surface area contributed by atoms with E-state index < -0.39 is 6.10 Å². The lowest BCUT2D eigenvalue weighted by Crippen LogP contribution is -2.07. The van der Waals surface area contributed by atoms with Gasteiger partial charge in [-0.1, -0.05) is 20.8 Å². The minimum absolute atomic E-state index is 0.248. The van der Waals surface area contributed by atoms with Gasteiger partial charge in [0.2, 0.25) is 0 Å². The molecule has 0 heterocycles. The molecule has 0 aliphatic heterocycles. The van der Waals surface area contributed by atoms with Gasteiger partial charge in [0, 0.05) is 10.1 Å². The van der Waals surface area contributed by atoms with Gasteiger partial charge in [0.15, 0.2) is 0 Å². The molecule has 1 rings (SSSR count). The molecule has 1 N–H and O–H groups in total. The number of halogens is 1. The van der Waals surface area contributed by atoms with Crippen LogP contribution in [0.25, 0.3) is 0 Å². The molecule has 0 aromatic heterocycles. The second kappa shape index (κ2) is 5.87. The Bertz CT molecular complexity index is 388. The maximum absolute atomic E-state index is 13.5. The maximum Gasteiger partial charge on any atom is 0.126 e. The van der Waals surface area contributed by atoms with Gasteiger partial charge in [0.05, 0.1) is 6.10 Å². The number of hydrogen-bond donors (Lipinski definition) is 1. The molecule has 0 aliphatic rings. The van der Waals surface area contributed by atoms with Gasteiger partial charge in [-0.05, 0) is 43.0 Å². The van der Waals surface area contributed by atoms with Crippen LogP contribution in [0.2, 0.25) is 0 Å². The van der Waals surface area contributed by atoms with Gasteiger partial charge in [-0.15, -0.1) is 11.8 Å². The molecular weight excluding hydrogens is 235 g/mol. The van der Waals surface area contributed by atoms with Crippen LogP contribution >= 0.6 is 11.8 Å². The Kier molecular flexibility index (Phi) is 5.02. The van der Waals surface area contributed by atoms with Crippen LogP contribution in [0.1, 0.15) is 44.9 Å². The molecule has 2 atom stereocenters.